The number of ether oxygens (including phenoxy) is 1. The Morgan fingerprint density at radius 2 is 1.75 bits per heavy atom. The summed E-state index contributed by atoms with van der Waals surface area (Å²) in [5.41, 5.74) is -0.492. The number of carbonyl (C=O) groups excluding carboxylic acids is 2. The van der Waals surface area contributed by atoms with Crippen molar-refractivity contribution in [3.63, 3.8) is 0 Å². The van der Waals surface area contributed by atoms with Gasteiger partial charge in [-0.25, -0.2) is 9.59 Å². The van der Waals surface area contributed by atoms with E-state index in [1.165, 1.54) is 0 Å². The molecule has 0 aliphatic carbocycles. The molecular weight excluding hydrogens is 230 g/mol. The molecule has 3 amide bonds. The Hall–Kier alpha value is -1.11. The van der Waals surface area contributed by atoms with Gasteiger partial charge in [0.1, 0.15) is 5.60 Å². The molecule has 94 valence electrons. The van der Waals surface area contributed by atoms with Gasteiger partial charge in [-0.1, -0.05) is 12.8 Å². The van der Waals surface area contributed by atoms with Crippen molar-refractivity contribution < 1.29 is 14.3 Å². The molecule has 0 saturated carbocycles. The number of rotatable bonds is 4. The molecule has 0 rings (SSSR count). The highest BCUT2D eigenvalue weighted by molar-refractivity contribution is 7.78. The molecule has 0 aromatic rings. The van der Waals surface area contributed by atoms with Crippen molar-refractivity contribution in [1.82, 2.24) is 15.4 Å². The summed E-state index contributed by atoms with van der Waals surface area (Å²) in [4.78, 5) is 21.9. The first-order valence-electron chi connectivity index (χ1n) is 5.00. The Bertz CT molecular complexity index is 241. The van der Waals surface area contributed by atoms with Gasteiger partial charge in [0.25, 0.3) is 0 Å². The number of hydrogen-bond acceptors (Lipinski definition) is 4. The quantitative estimate of drug-likeness (QED) is 0.444. The van der Waals surface area contributed by atoms with Crippen LogP contribution < -0.4 is 15.4 Å². The fraction of sp³-hybridized carbons (Fsp3) is 0.778. The molecule has 0 aliphatic rings. The summed E-state index contributed by atoms with van der Waals surface area (Å²) >= 11 is 3.57. The Labute approximate surface area is 101 Å². The minimum absolute atomic E-state index is 0.361. The highest BCUT2D eigenvalue weighted by atomic mass is 32.1. The van der Waals surface area contributed by atoms with Gasteiger partial charge < -0.3 is 15.4 Å². The van der Waals surface area contributed by atoms with E-state index in [0.29, 0.717) is 19.5 Å². The number of urea groups is 1. The van der Waals surface area contributed by atoms with E-state index in [1.807, 2.05) is 0 Å². The number of thiol groups is 1. The van der Waals surface area contributed by atoms with Crippen LogP contribution in [0.5, 0.6) is 0 Å². The van der Waals surface area contributed by atoms with Crippen molar-refractivity contribution in [3.05, 3.63) is 0 Å². The molecule has 16 heavy (non-hydrogen) atoms. The van der Waals surface area contributed by atoms with Crippen molar-refractivity contribution in [2.24, 2.45) is 0 Å². The van der Waals surface area contributed by atoms with Crippen LogP contribution in [-0.2, 0) is 4.74 Å². The minimum atomic E-state index is -0.492. The normalized spacial score (nSPS) is 10.5. The van der Waals surface area contributed by atoms with E-state index in [1.54, 1.807) is 20.8 Å². The van der Waals surface area contributed by atoms with Gasteiger partial charge in [0.2, 0.25) is 0 Å². The summed E-state index contributed by atoms with van der Waals surface area (Å²) in [7, 11) is 0. The predicted octanol–water partition coefficient (Wildman–Crippen LogP) is 1.05. The smallest absolute Gasteiger partial charge is 0.407 e. The molecule has 0 spiro atoms. The minimum Gasteiger partial charge on any atom is -0.444 e. The zero-order valence-electron chi connectivity index (χ0n) is 9.79. The predicted molar refractivity (Wildman–Crippen MR) is 64.4 cm³/mol. The Kier molecular flexibility index (Phi) is 6.71. The Balaban J connectivity index is 3.45. The van der Waals surface area contributed by atoms with Crippen LogP contribution >= 0.6 is 12.8 Å². The average Bonchev–Trinajstić information content (AvgIpc) is 2.14. The first-order chi connectivity index (χ1) is 7.35. The standard InChI is InChI=1S/C9H19N3O3S/c1-9(2,3)15-8(14)11-6-4-5-10-7(13)12-16/h16H,4-6H2,1-3H3,(H,11,14)(H2,10,12,13). The zero-order chi connectivity index (χ0) is 12.6. The van der Waals surface area contributed by atoms with Gasteiger partial charge >= 0.3 is 12.1 Å². The second kappa shape index (κ2) is 7.21. The molecule has 0 atom stereocenters. The summed E-state index contributed by atoms with van der Waals surface area (Å²) < 4.78 is 7.15. The van der Waals surface area contributed by atoms with Crippen molar-refractivity contribution in [2.75, 3.05) is 13.1 Å². The van der Waals surface area contributed by atoms with Crippen LogP contribution in [0.1, 0.15) is 27.2 Å². The molecule has 0 unspecified atom stereocenters. The molecule has 0 fully saturated rings. The van der Waals surface area contributed by atoms with Gasteiger partial charge in [-0.2, -0.15) is 0 Å². The third-order valence-electron chi connectivity index (χ3n) is 1.41. The summed E-state index contributed by atoms with van der Waals surface area (Å²) in [5.74, 6) is 0. The summed E-state index contributed by atoms with van der Waals surface area (Å²) in [5, 5.41) is 5.11. The zero-order valence-corrected chi connectivity index (χ0v) is 10.7. The molecule has 0 heterocycles. The third-order valence-corrected chi connectivity index (χ3v) is 1.61. The first-order valence-corrected chi connectivity index (χ1v) is 5.44. The van der Waals surface area contributed by atoms with Crippen LogP contribution in [0, 0.1) is 0 Å². The summed E-state index contributed by atoms with van der Waals surface area (Å²) in [6.45, 7) is 6.30. The van der Waals surface area contributed by atoms with Crippen molar-refractivity contribution in [3.8, 4) is 0 Å². The number of amides is 3. The van der Waals surface area contributed by atoms with Crippen LogP contribution in [0.3, 0.4) is 0 Å². The molecule has 7 heteroatoms. The molecule has 0 aromatic carbocycles. The highest BCUT2D eigenvalue weighted by Gasteiger charge is 2.15. The molecule has 0 bridgehead atoms. The maximum Gasteiger partial charge on any atom is 0.407 e. The Morgan fingerprint density at radius 1 is 1.19 bits per heavy atom. The van der Waals surface area contributed by atoms with Crippen molar-refractivity contribution in [2.45, 2.75) is 32.8 Å². The summed E-state index contributed by atoms with van der Waals surface area (Å²) in [6.07, 6.45) is 0.173. The van der Waals surface area contributed by atoms with E-state index >= 15 is 0 Å². The van der Waals surface area contributed by atoms with Crippen LogP contribution in [0.2, 0.25) is 0 Å². The molecule has 6 nitrogen and oxygen atoms in total. The third kappa shape index (κ3) is 9.45. The van der Waals surface area contributed by atoms with Gasteiger partial charge in [0, 0.05) is 13.1 Å². The maximum absolute atomic E-state index is 11.2. The van der Waals surface area contributed by atoms with Crippen molar-refractivity contribution in [1.29, 1.82) is 0 Å². The van der Waals surface area contributed by atoms with E-state index in [9.17, 15) is 9.59 Å². The number of carbonyl (C=O) groups is 2. The molecule has 0 radical (unpaired) electrons. The number of hydrogen-bond donors (Lipinski definition) is 4. The van der Waals surface area contributed by atoms with Gasteiger partial charge in [-0.05, 0) is 27.2 Å². The molecular formula is C9H19N3O3S. The SMILES string of the molecule is CC(C)(C)OC(=O)NCCCNC(=O)NS. The Morgan fingerprint density at radius 3 is 2.25 bits per heavy atom. The molecule has 3 N–H and O–H groups in total. The largest absolute Gasteiger partial charge is 0.444 e. The summed E-state index contributed by atoms with van der Waals surface area (Å²) in [6, 6.07) is -0.361. The van der Waals surface area contributed by atoms with Crippen molar-refractivity contribution >= 4 is 24.9 Å². The number of nitrogens with one attached hydrogen (secondary N) is 3. The van der Waals surface area contributed by atoms with Crippen LogP contribution in [0.15, 0.2) is 0 Å². The van der Waals surface area contributed by atoms with Gasteiger partial charge in [-0.3, -0.25) is 4.72 Å². The van der Waals surface area contributed by atoms with Crippen LogP contribution in [0.4, 0.5) is 9.59 Å². The number of alkyl carbamates (subject to hydrolysis) is 1. The van der Waals surface area contributed by atoms with Gasteiger partial charge in [0.05, 0.1) is 0 Å². The highest BCUT2D eigenvalue weighted by Crippen LogP contribution is 2.06. The lowest BCUT2D eigenvalue weighted by molar-refractivity contribution is 0.0527. The average molecular weight is 249 g/mol. The lowest BCUT2D eigenvalue weighted by Crippen LogP contribution is -2.35. The second-order valence-corrected chi connectivity index (χ2v) is 4.37. The van der Waals surface area contributed by atoms with Crippen LogP contribution in [0.25, 0.3) is 0 Å². The van der Waals surface area contributed by atoms with E-state index < -0.39 is 11.7 Å². The van der Waals surface area contributed by atoms with E-state index in [-0.39, 0.29) is 6.03 Å². The van der Waals surface area contributed by atoms with Gasteiger partial charge in [-0.15, -0.1) is 0 Å². The lowest BCUT2D eigenvalue weighted by atomic mass is 10.2. The van der Waals surface area contributed by atoms with Crippen LogP contribution in [-0.4, -0.2) is 30.8 Å². The van der Waals surface area contributed by atoms with E-state index in [4.69, 9.17) is 4.74 Å². The first kappa shape index (κ1) is 14.9. The fourth-order valence-corrected chi connectivity index (χ4v) is 0.914. The monoisotopic (exact) mass is 249 g/mol. The lowest BCUT2D eigenvalue weighted by Gasteiger charge is -2.19. The maximum atomic E-state index is 11.2. The van der Waals surface area contributed by atoms with E-state index in [2.05, 4.69) is 28.2 Å². The molecule has 0 aliphatic heterocycles. The topological polar surface area (TPSA) is 79.5 Å². The fourth-order valence-electron chi connectivity index (χ4n) is 0.834. The van der Waals surface area contributed by atoms with E-state index in [0.717, 1.165) is 0 Å². The molecule has 0 aromatic heterocycles. The molecule has 0 saturated heterocycles. The second-order valence-electron chi connectivity index (χ2n) is 4.15. The van der Waals surface area contributed by atoms with Gasteiger partial charge in [0.15, 0.2) is 0 Å².